The molecule has 3 rings (SSSR count). The SMILES string of the molecule is C=N/C(=N\C=C(/C)OC)N[C@H]1CC[C@H](Oc2cccc3nc(C)c(C(=O)O)c(N)c23)CC1. The van der Waals surface area contributed by atoms with Gasteiger partial charge >= 0.3 is 5.97 Å². The molecule has 1 saturated carbocycles. The van der Waals surface area contributed by atoms with E-state index in [9.17, 15) is 9.90 Å². The average molecular weight is 440 g/mol. The van der Waals surface area contributed by atoms with E-state index in [4.69, 9.17) is 15.2 Å². The van der Waals surface area contributed by atoms with Crippen LogP contribution in [0.5, 0.6) is 5.75 Å². The van der Waals surface area contributed by atoms with Gasteiger partial charge in [0.2, 0.25) is 5.96 Å². The number of aromatic carboxylic acids is 1. The molecular weight excluding hydrogens is 410 g/mol. The van der Waals surface area contributed by atoms with Gasteiger partial charge in [0, 0.05) is 6.04 Å². The van der Waals surface area contributed by atoms with Crippen molar-refractivity contribution in [3.8, 4) is 5.75 Å². The number of ether oxygens (including phenoxy) is 2. The zero-order valence-corrected chi connectivity index (χ0v) is 18.6. The third kappa shape index (κ3) is 5.16. The molecule has 0 bridgehead atoms. The third-order valence-electron chi connectivity index (χ3n) is 5.55. The summed E-state index contributed by atoms with van der Waals surface area (Å²) < 4.78 is 11.3. The number of carboxylic acids is 1. The number of fused-ring (bicyclic) bond motifs is 1. The highest BCUT2D eigenvalue weighted by Gasteiger charge is 2.25. The molecule has 9 nitrogen and oxygen atoms in total. The quantitative estimate of drug-likeness (QED) is 0.355. The van der Waals surface area contributed by atoms with E-state index in [0.717, 1.165) is 25.7 Å². The van der Waals surface area contributed by atoms with Crippen LogP contribution in [-0.4, -0.2) is 48.0 Å². The monoisotopic (exact) mass is 439 g/mol. The highest BCUT2D eigenvalue weighted by atomic mass is 16.5. The first-order chi connectivity index (χ1) is 15.3. The molecule has 0 atom stereocenters. The van der Waals surface area contributed by atoms with Crippen LogP contribution in [-0.2, 0) is 4.74 Å². The van der Waals surface area contributed by atoms with Crippen molar-refractivity contribution in [1.29, 1.82) is 0 Å². The second-order valence-electron chi connectivity index (χ2n) is 7.73. The van der Waals surface area contributed by atoms with Crippen LogP contribution >= 0.6 is 0 Å². The van der Waals surface area contributed by atoms with Crippen LogP contribution in [0.15, 0.2) is 40.1 Å². The number of hydrogen-bond donors (Lipinski definition) is 3. The highest BCUT2D eigenvalue weighted by Crippen LogP contribution is 2.35. The van der Waals surface area contributed by atoms with E-state index in [2.05, 4.69) is 27.0 Å². The molecule has 1 aromatic carbocycles. The van der Waals surface area contributed by atoms with Crippen LogP contribution in [0.2, 0.25) is 0 Å². The van der Waals surface area contributed by atoms with Gasteiger partial charge in [0.05, 0.1) is 41.7 Å². The summed E-state index contributed by atoms with van der Waals surface area (Å²) in [7, 11) is 1.58. The van der Waals surface area contributed by atoms with E-state index in [0.29, 0.717) is 34.1 Å². The van der Waals surface area contributed by atoms with E-state index in [1.165, 1.54) is 0 Å². The summed E-state index contributed by atoms with van der Waals surface area (Å²) in [4.78, 5) is 24.2. The number of carboxylic acid groups (broad SMARTS) is 1. The molecule has 0 amide bonds. The minimum Gasteiger partial charge on any atom is -0.500 e. The van der Waals surface area contributed by atoms with Crippen LogP contribution in [0.1, 0.15) is 48.7 Å². The Morgan fingerprint density at radius 2 is 2.06 bits per heavy atom. The van der Waals surface area contributed by atoms with Gasteiger partial charge in [0.1, 0.15) is 17.1 Å². The zero-order valence-electron chi connectivity index (χ0n) is 18.6. The van der Waals surface area contributed by atoms with Crippen LogP contribution in [0.4, 0.5) is 5.69 Å². The number of allylic oxidation sites excluding steroid dienone is 1. The molecule has 1 fully saturated rings. The van der Waals surface area contributed by atoms with Crippen LogP contribution in [0.25, 0.3) is 10.9 Å². The fourth-order valence-electron chi connectivity index (χ4n) is 3.82. The van der Waals surface area contributed by atoms with Crippen molar-refractivity contribution in [2.45, 2.75) is 51.7 Å². The lowest BCUT2D eigenvalue weighted by molar-refractivity contribution is 0.0697. The fraction of sp³-hybridized carbons (Fsp3) is 0.391. The van der Waals surface area contributed by atoms with Gasteiger partial charge in [0.25, 0.3) is 0 Å². The number of pyridine rings is 1. The Bertz CT molecular complexity index is 1070. The smallest absolute Gasteiger partial charge is 0.339 e. The number of nitrogens with one attached hydrogen (secondary N) is 1. The molecular formula is C23H29N5O4. The lowest BCUT2D eigenvalue weighted by Crippen LogP contribution is -2.39. The summed E-state index contributed by atoms with van der Waals surface area (Å²) in [5, 5.41) is 13.4. The number of guanidine groups is 1. The molecule has 1 heterocycles. The number of nitrogens with two attached hydrogens (primary N) is 1. The maximum absolute atomic E-state index is 11.6. The van der Waals surface area contributed by atoms with Gasteiger partial charge in [-0.25, -0.2) is 14.8 Å². The van der Waals surface area contributed by atoms with E-state index < -0.39 is 5.97 Å². The molecule has 1 aliphatic carbocycles. The van der Waals surface area contributed by atoms with Crippen LogP contribution in [0.3, 0.4) is 0 Å². The summed E-state index contributed by atoms with van der Waals surface area (Å²) in [5.41, 5.74) is 7.43. The number of aryl methyl sites for hydroxylation is 1. The summed E-state index contributed by atoms with van der Waals surface area (Å²) >= 11 is 0. The third-order valence-corrected chi connectivity index (χ3v) is 5.55. The maximum Gasteiger partial charge on any atom is 0.339 e. The van der Waals surface area contributed by atoms with Gasteiger partial charge in [-0.2, -0.15) is 0 Å². The number of aromatic nitrogens is 1. The van der Waals surface area contributed by atoms with Crippen LogP contribution < -0.4 is 15.8 Å². The zero-order chi connectivity index (χ0) is 23.3. The number of methoxy groups -OCH3 is 1. The number of anilines is 1. The molecule has 2 aromatic rings. The molecule has 170 valence electrons. The maximum atomic E-state index is 11.6. The first-order valence-electron chi connectivity index (χ1n) is 10.4. The number of nitrogens with zero attached hydrogens (tertiary/aromatic N) is 3. The van der Waals surface area contributed by atoms with E-state index in [1.807, 2.05) is 19.1 Å². The predicted octanol–water partition coefficient (Wildman–Crippen LogP) is 3.67. The molecule has 1 aliphatic rings. The Morgan fingerprint density at radius 1 is 1.34 bits per heavy atom. The van der Waals surface area contributed by atoms with Crippen molar-refractivity contribution >= 4 is 35.2 Å². The topological polar surface area (TPSA) is 131 Å². The molecule has 0 unspecified atom stereocenters. The number of hydrogen-bond acceptors (Lipinski definition) is 6. The first kappa shape index (κ1) is 23.1. The molecule has 9 heteroatoms. The van der Waals surface area contributed by atoms with Gasteiger partial charge in [-0.05, 0) is 58.4 Å². The second-order valence-corrected chi connectivity index (χ2v) is 7.73. The minimum atomic E-state index is -1.10. The summed E-state index contributed by atoms with van der Waals surface area (Å²) in [6.07, 6.45) is 4.94. The predicted molar refractivity (Wildman–Crippen MR) is 125 cm³/mol. The van der Waals surface area contributed by atoms with Crippen molar-refractivity contribution in [2.75, 3.05) is 12.8 Å². The average Bonchev–Trinajstić information content (AvgIpc) is 2.77. The van der Waals surface area contributed by atoms with Crippen molar-refractivity contribution in [3.63, 3.8) is 0 Å². The standard InChI is InChI=1S/C23H29N5O4/c1-13(31-4)12-26-23(25-3)28-15-8-10-16(11-9-15)32-18-7-5-6-17-20(18)21(24)19(22(29)30)14(2)27-17/h5-7,12,15-16H,3,8-11H2,1-2,4H3,(H2,24,27)(H,26,28)(H,29,30)/b13-12+/t15-,16-. The summed E-state index contributed by atoms with van der Waals surface area (Å²) in [5.74, 6) is 0.589. The van der Waals surface area contributed by atoms with Gasteiger partial charge < -0.3 is 25.6 Å². The molecule has 1 aromatic heterocycles. The first-order valence-corrected chi connectivity index (χ1v) is 10.4. The number of nitrogen functional groups attached to an aromatic ring is 1. The molecule has 0 spiro atoms. The number of rotatable bonds is 6. The van der Waals surface area contributed by atoms with Crippen molar-refractivity contribution < 1.29 is 19.4 Å². The second kappa shape index (κ2) is 10.1. The van der Waals surface area contributed by atoms with Crippen molar-refractivity contribution in [3.05, 3.63) is 41.4 Å². The Morgan fingerprint density at radius 3 is 2.69 bits per heavy atom. The molecule has 0 radical (unpaired) electrons. The largest absolute Gasteiger partial charge is 0.500 e. The number of aliphatic imine (C=N–C) groups is 2. The van der Waals surface area contributed by atoms with Gasteiger partial charge in [-0.1, -0.05) is 6.07 Å². The normalized spacial score (nSPS) is 19.5. The van der Waals surface area contributed by atoms with Crippen molar-refractivity contribution in [1.82, 2.24) is 10.3 Å². The van der Waals surface area contributed by atoms with E-state index in [-0.39, 0.29) is 23.4 Å². The van der Waals surface area contributed by atoms with Gasteiger partial charge in [0.15, 0.2) is 0 Å². The lowest BCUT2D eigenvalue weighted by atomic mass is 9.93. The van der Waals surface area contributed by atoms with Crippen molar-refractivity contribution in [2.24, 2.45) is 9.98 Å². The molecule has 0 aliphatic heterocycles. The Hall–Kier alpha value is -3.62. The fourth-order valence-corrected chi connectivity index (χ4v) is 3.82. The summed E-state index contributed by atoms with van der Waals surface area (Å²) in [6.45, 7) is 7.02. The molecule has 0 saturated heterocycles. The van der Waals surface area contributed by atoms with E-state index in [1.54, 1.807) is 26.3 Å². The highest BCUT2D eigenvalue weighted by molar-refractivity contribution is 6.06. The van der Waals surface area contributed by atoms with Crippen LogP contribution in [0, 0.1) is 6.92 Å². The minimum absolute atomic E-state index is 0.0136. The number of benzene rings is 1. The Kier molecular flexibility index (Phi) is 7.29. The lowest BCUT2D eigenvalue weighted by Gasteiger charge is -2.30. The van der Waals surface area contributed by atoms with E-state index >= 15 is 0 Å². The van der Waals surface area contributed by atoms with Gasteiger partial charge in [-0.15, -0.1) is 0 Å². The Labute approximate surface area is 187 Å². The Balaban J connectivity index is 1.71. The van der Waals surface area contributed by atoms with Gasteiger partial charge in [-0.3, -0.25) is 4.98 Å². The molecule has 32 heavy (non-hydrogen) atoms. The number of carbonyl (C=O) groups is 1. The summed E-state index contributed by atoms with van der Waals surface area (Å²) in [6, 6.07) is 5.66. The molecule has 4 N–H and O–H groups in total.